The van der Waals surface area contributed by atoms with E-state index >= 15 is 0 Å². The average Bonchev–Trinajstić information content (AvgIpc) is 3.16. The summed E-state index contributed by atoms with van der Waals surface area (Å²) in [7, 11) is 3.23. The van der Waals surface area contributed by atoms with Crippen molar-refractivity contribution < 1.29 is 14.3 Å². The number of amides is 1. The standard InChI is InChI=1S/C23H26N4O3/c1-4-17-15(11-22(28)26-17)13-25-23-16-6-5-9-24-19(16)12-18(27-23)14-7-8-20(29-2)21(10-14)30-3/h5-10,12,15,17H,4,11,13H2,1-3H3,(H,25,27)(H,26,28)/t15-,17-/m1/s1. The van der Waals surface area contributed by atoms with Gasteiger partial charge in [-0.3, -0.25) is 9.78 Å². The summed E-state index contributed by atoms with van der Waals surface area (Å²) in [5.74, 6) is 2.43. The molecule has 1 amide bonds. The van der Waals surface area contributed by atoms with Gasteiger partial charge in [0.1, 0.15) is 5.82 Å². The lowest BCUT2D eigenvalue weighted by Crippen LogP contribution is -2.31. The van der Waals surface area contributed by atoms with Crippen LogP contribution in [0.25, 0.3) is 22.2 Å². The normalized spacial score (nSPS) is 18.3. The highest BCUT2D eigenvalue weighted by Gasteiger charge is 2.30. The van der Waals surface area contributed by atoms with Gasteiger partial charge in [-0.2, -0.15) is 0 Å². The van der Waals surface area contributed by atoms with Gasteiger partial charge in [0, 0.05) is 42.1 Å². The van der Waals surface area contributed by atoms with E-state index in [1.54, 1.807) is 20.4 Å². The molecule has 1 fully saturated rings. The molecule has 0 unspecified atom stereocenters. The zero-order valence-electron chi connectivity index (χ0n) is 17.4. The Balaban J connectivity index is 1.69. The molecule has 1 aliphatic heterocycles. The van der Waals surface area contributed by atoms with E-state index < -0.39 is 0 Å². The molecule has 7 nitrogen and oxygen atoms in total. The second kappa shape index (κ2) is 8.57. The molecule has 0 spiro atoms. The predicted octanol–water partition coefficient (Wildman–Crippen LogP) is 3.64. The predicted molar refractivity (Wildman–Crippen MR) is 117 cm³/mol. The van der Waals surface area contributed by atoms with Crippen LogP contribution in [-0.2, 0) is 4.79 Å². The molecular formula is C23H26N4O3. The Morgan fingerprint density at radius 1 is 1.17 bits per heavy atom. The van der Waals surface area contributed by atoms with E-state index in [4.69, 9.17) is 14.5 Å². The second-order valence-electron chi connectivity index (χ2n) is 7.42. The lowest BCUT2D eigenvalue weighted by atomic mass is 9.98. The summed E-state index contributed by atoms with van der Waals surface area (Å²) >= 11 is 0. The van der Waals surface area contributed by atoms with Crippen LogP contribution in [-0.4, -0.2) is 42.7 Å². The largest absolute Gasteiger partial charge is 0.493 e. The van der Waals surface area contributed by atoms with E-state index in [0.717, 1.165) is 34.4 Å². The van der Waals surface area contributed by atoms with Crippen molar-refractivity contribution in [1.82, 2.24) is 15.3 Å². The van der Waals surface area contributed by atoms with Gasteiger partial charge in [-0.1, -0.05) is 6.92 Å². The van der Waals surface area contributed by atoms with Gasteiger partial charge >= 0.3 is 0 Å². The Morgan fingerprint density at radius 2 is 2.00 bits per heavy atom. The van der Waals surface area contributed by atoms with Crippen molar-refractivity contribution in [2.24, 2.45) is 5.92 Å². The van der Waals surface area contributed by atoms with E-state index in [9.17, 15) is 4.79 Å². The van der Waals surface area contributed by atoms with Crippen LogP contribution < -0.4 is 20.1 Å². The van der Waals surface area contributed by atoms with E-state index in [1.165, 1.54) is 0 Å². The molecule has 2 aromatic heterocycles. The number of methoxy groups -OCH3 is 2. The van der Waals surface area contributed by atoms with E-state index in [0.29, 0.717) is 24.5 Å². The molecule has 1 aliphatic rings. The van der Waals surface area contributed by atoms with Crippen LogP contribution in [0.5, 0.6) is 11.5 Å². The molecule has 7 heteroatoms. The van der Waals surface area contributed by atoms with Crippen LogP contribution in [0.1, 0.15) is 19.8 Å². The van der Waals surface area contributed by atoms with Gasteiger partial charge in [0.05, 0.1) is 25.4 Å². The summed E-state index contributed by atoms with van der Waals surface area (Å²) in [6.07, 6.45) is 3.23. The highest BCUT2D eigenvalue weighted by atomic mass is 16.5. The molecule has 156 valence electrons. The van der Waals surface area contributed by atoms with Gasteiger partial charge in [0.15, 0.2) is 11.5 Å². The van der Waals surface area contributed by atoms with Crippen molar-refractivity contribution >= 4 is 22.6 Å². The molecule has 3 heterocycles. The number of pyridine rings is 2. The fraction of sp³-hybridized carbons (Fsp3) is 0.348. The Kier molecular flexibility index (Phi) is 5.70. The number of ether oxygens (including phenoxy) is 2. The molecule has 1 saturated heterocycles. The average molecular weight is 406 g/mol. The molecule has 0 saturated carbocycles. The van der Waals surface area contributed by atoms with E-state index in [2.05, 4.69) is 22.5 Å². The molecule has 0 bridgehead atoms. The van der Waals surface area contributed by atoms with Gasteiger partial charge in [-0.15, -0.1) is 0 Å². The third-order valence-corrected chi connectivity index (χ3v) is 5.61. The summed E-state index contributed by atoms with van der Waals surface area (Å²) in [6, 6.07) is 11.8. The van der Waals surface area contributed by atoms with Crippen molar-refractivity contribution in [1.29, 1.82) is 0 Å². The molecule has 0 radical (unpaired) electrons. The summed E-state index contributed by atoms with van der Waals surface area (Å²) in [6.45, 7) is 2.77. The topological polar surface area (TPSA) is 85.4 Å². The van der Waals surface area contributed by atoms with Gasteiger partial charge < -0.3 is 20.1 Å². The van der Waals surface area contributed by atoms with Gasteiger partial charge in [-0.05, 0) is 42.8 Å². The molecule has 3 aromatic rings. The Labute approximate surface area is 175 Å². The summed E-state index contributed by atoms with van der Waals surface area (Å²) in [5.41, 5.74) is 2.55. The number of aromatic nitrogens is 2. The number of anilines is 1. The summed E-state index contributed by atoms with van der Waals surface area (Å²) in [5, 5.41) is 7.48. The minimum absolute atomic E-state index is 0.118. The van der Waals surface area contributed by atoms with Crippen LogP contribution in [0.4, 0.5) is 5.82 Å². The Bertz CT molecular complexity index is 1070. The zero-order chi connectivity index (χ0) is 21.1. The fourth-order valence-electron chi connectivity index (χ4n) is 3.99. The minimum atomic E-state index is 0.118. The van der Waals surface area contributed by atoms with E-state index in [-0.39, 0.29) is 17.9 Å². The smallest absolute Gasteiger partial charge is 0.220 e. The first-order chi connectivity index (χ1) is 14.6. The van der Waals surface area contributed by atoms with Crippen molar-refractivity contribution in [2.75, 3.05) is 26.1 Å². The highest BCUT2D eigenvalue weighted by Crippen LogP contribution is 2.34. The first kappa shape index (κ1) is 19.9. The lowest BCUT2D eigenvalue weighted by molar-refractivity contribution is -0.119. The molecule has 4 rings (SSSR count). The molecule has 30 heavy (non-hydrogen) atoms. The van der Waals surface area contributed by atoms with Crippen molar-refractivity contribution in [3.05, 3.63) is 42.6 Å². The number of carbonyl (C=O) groups excluding carboxylic acids is 1. The third kappa shape index (κ3) is 3.87. The van der Waals surface area contributed by atoms with Gasteiger partial charge in [-0.25, -0.2) is 4.98 Å². The van der Waals surface area contributed by atoms with Gasteiger partial charge in [0.2, 0.25) is 5.91 Å². The Morgan fingerprint density at radius 3 is 2.77 bits per heavy atom. The van der Waals surface area contributed by atoms with Crippen LogP contribution >= 0.6 is 0 Å². The summed E-state index contributed by atoms with van der Waals surface area (Å²) in [4.78, 5) is 21.2. The Hall–Kier alpha value is -3.35. The highest BCUT2D eigenvalue weighted by molar-refractivity contribution is 5.92. The number of hydrogen-bond donors (Lipinski definition) is 2. The maximum atomic E-state index is 11.8. The maximum Gasteiger partial charge on any atom is 0.220 e. The van der Waals surface area contributed by atoms with Crippen LogP contribution in [0.15, 0.2) is 42.6 Å². The monoisotopic (exact) mass is 406 g/mol. The SMILES string of the molecule is CC[C@H]1NC(=O)C[C@@H]1CNc1nc(-c2ccc(OC)c(OC)c2)cc2ncccc12. The third-order valence-electron chi connectivity index (χ3n) is 5.61. The minimum Gasteiger partial charge on any atom is -0.493 e. The summed E-state index contributed by atoms with van der Waals surface area (Å²) < 4.78 is 10.8. The first-order valence-corrected chi connectivity index (χ1v) is 10.1. The number of nitrogens with zero attached hydrogens (tertiary/aromatic N) is 2. The first-order valence-electron chi connectivity index (χ1n) is 10.1. The van der Waals surface area contributed by atoms with Crippen LogP contribution in [0, 0.1) is 5.92 Å². The van der Waals surface area contributed by atoms with E-state index in [1.807, 2.05) is 36.4 Å². The number of hydrogen-bond acceptors (Lipinski definition) is 6. The number of benzene rings is 1. The number of carbonyl (C=O) groups is 1. The van der Waals surface area contributed by atoms with Crippen LogP contribution in [0.2, 0.25) is 0 Å². The molecule has 2 atom stereocenters. The second-order valence-corrected chi connectivity index (χ2v) is 7.42. The number of fused-ring (bicyclic) bond motifs is 1. The van der Waals surface area contributed by atoms with Crippen molar-refractivity contribution in [3.8, 4) is 22.8 Å². The van der Waals surface area contributed by atoms with Crippen molar-refractivity contribution in [3.63, 3.8) is 0 Å². The molecule has 2 N–H and O–H groups in total. The molecule has 1 aromatic carbocycles. The van der Waals surface area contributed by atoms with Crippen LogP contribution in [0.3, 0.4) is 0 Å². The number of nitrogens with one attached hydrogen (secondary N) is 2. The number of rotatable bonds is 7. The zero-order valence-corrected chi connectivity index (χ0v) is 17.4. The van der Waals surface area contributed by atoms with Crippen molar-refractivity contribution in [2.45, 2.75) is 25.8 Å². The molecular weight excluding hydrogens is 380 g/mol. The lowest BCUT2D eigenvalue weighted by Gasteiger charge is -2.19. The van der Waals surface area contributed by atoms with Gasteiger partial charge in [0.25, 0.3) is 0 Å². The quantitative estimate of drug-likeness (QED) is 0.623. The maximum absolute atomic E-state index is 11.8. The molecule has 0 aliphatic carbocycles. The fourth-order valence-corrected chi connectivity index (χ4v) is 3.99.